The monoisotopic (exact) mass is 386 g/mol. The third-order valence-corrected chi connectivity index (χ3v) is 4.23. The van der Waals surface area contributed by atoms with Gasteiger partial charge in [-0.1, -0.05) is 52.3 Å². The van der Waals surface area contributed by atoms with Crippen molar-refractivity contribution in [1.29, 1.82) is 0 Å². The van der Waals surface area contributed by atoms with E-state index in [1.165, 1.54) is 0 Å². The van der Waals surface area contributed by atoms with Crippen LogP contribution in [0.1, 0.15) is 11.6 Å². The number of carbonyl (C=O) groups excluding carboxylic acids is 1. The Morgan fingerprint density at radius 1 is 1.12 bits per heavy atom. The van der Waals surface area contributed by atoms with Gasteiger partial charge in [0.1, 0.15) is 6.54 Å². The largest absolute Gasteiger partial charge is 0.479 e. The summed E-state index contributed by atoms with van der Waals surface area (Å²) in [6.07, 6.45) is 1.81. The second-order valence-corrected chi connectivity index (χ2v) is 6.31. The minimum Gasteiger partial charge on any atom is -0.479 e. The molecule has 0 aliphatic rings. The first-order chi connectivity index (χ1) is 11.5. The molecule has 0 aliphatic carbocycles. The number of fused-ring (bicyclic) bond motifs is 1. The summed E-state index contributed by atoms with van der Waals surface area (Å²) in [7, 11) is 0. The van der Waals surface area contributed by atoms with Crippen molar-refractivity contribution in [3.63, 3.8) is 0 Å². The first-order valence-corrected chi connectivity index (χ1v) is 8.15. The Kier molecular flexibility index (Phi) is 4.66. The zero-order valence-corrected chi connectivity index (χ0v) is 14.2. The van der Waals surface area contributed by atoms with Crippen molar-refractivity contribution in [2.75, 3.05) is 0 Å². The summed E-state index contributed by atoms with van der Waals surface area (Å²) in [4.78, 5) is 23.8. The molecule has 0 aliphatic heterocycles. The molecule has 0 fully saturated rings. The van der Waals surface area contributed by atoms with E-state index >= 15 is 0 Å². The molecule has 0 spiro atoms. The molecule has 0 radical (unpaired) electrons. The number of carbonyl (C=O) groups is 2. The quantitative estimate of drug-likeness (QED) is 0.706. The Morgan fingerprint density at radius 3 is 2.58 bits per heavy atom. The van der Waals surface area contributed by atoms with Crippen LogP contribution in [0.25, 0.3) is 10.9 Å². The number of nitrogens with one attached hydrogen (secondary N) is 1. The van der Waals surface area contributed by atoms with Crippen molar-refractivity contribution in [2.24, 2.45) is 0 Å². The van der Waals surface area contributed by atoms with Gasteiger partial charge in [0.05, 0.1) is 0 Å². The van der Waals surface area contributed by atoms with Gasteiger partial charge in [-0.2, -0.15) is 0 Å². The maximum atomic E-state index is 12.3. The third kappa shape index (κ3) is 3.49. The molecule has 2 aromatic carbocycles. The number of hydrogen-bond acceptors (Lipinski definition) is 2. The minimum atomic E-state index is -1.09. The number of carboxylic acid groups (broad SMARTS) is 1. The number of carboxylic acids is 1. The van der Waals surface area contributed by atoms with Crippen LogP contribution in [0, 0.1) is 0 Å². The molecule has 0 saturated carbocycles. The topological polar surface area (TPSA) is 71.3 Å². The van der Waals surface area contributed by atoms with E-state index in [9.17, 15) is 14.7 Å². The average molecular weight is 387 g/mol. The molecular formula is C18H15BrN2O3. The normalized spacial score (nSPS) is 12.0. The molecule has 3 aromatic rings. The molecule has 1 heterocycles. The Hall–Kier alpha value is -2.60. The van der Waals surface area contributed by atoms with E-state index in [0.717, 1.165) is 15.4 Å². The molecule has 1 atom stereocenters. The lowest BCUT2D eigenvalue weighted by atomic mass is 10.1. The summed E-state index contributed by atoms with van der Waals surface area (Å²) in [6, 6.07) is 15.3. The number of amides is 1. The fraction of sp³-hybridized carbons (Fsp3) is 0.111. The molecule has 2 N–H and O–H groups in total. The maximum absolute atomic E-state index is 12.3. The lowest BCUT2D eigenvalue weighted by Crippen LogP contribution is -2.35. The van der Waals surface area contributed by atoms with Crippen LogP contribution in [0.3, 0.4) is 0 Å². The van der Waals surface area contributed by atoms with Crippen LogP contribution in [-0.4, -0.2) is 21.6 Å². The second-order valence-electron chi connectivity index (χ2n) is 5.40. The van der Waals surface area contributed by atoms with Crippen LogP contribution in [0.2, 0.25) is 0 Å². The Bertz CT molecular complexity index is 890. The molecule has 1 aromatic heterocycles. The summed E-state index contributed by atoms with van der Waals surface area (Å²) in [5.74, 6) is -1.45. The Morgan fingerprint density at radius 2 is 1.88 bits per heavy atom. The van der Waals surface area contributed by atoms with Gasteiger partial charge in [-0.3, -0.25) is 4.79 Å². The zero-order chi connectivity index (χ0) is 17.1. The van der Waals surface area contributed by atoms with E-state index < -0.39 is 12.0 Å². The highest BCUT2D eigenvalue weighted by molar-refractivity contribution is 9.10. The van der Waals surface area contributed by atoms with Crippen LogP contribution in [0.15, 0.2) is 65.3 Å². The summed E-state index contributed by atoms with van der Waals surface area (Å²) >= 11 is 3.42. The highest BCUT2D eigenvalue weighted by Gasteiger charge is 2.22. The molecule has 5 nitrogen and oxygen atoms in total. The van der Waals surface area contributed by atoms with Gasteiger partial charge in [-0.25, -0.2) is 4.79 Å². The molecule has 6 heteroatoms. The van der Waals surface area contributed by atoms with E-state index in [4.69, 9.17) is 0 Å². The summed E-state index contributed by atoms with van der Waals surface area (Å²) in [6.45, 7) is 0.0521. The molecule has 0 unspecified atom stereocenters. The fourth-order valence-corrected chi connectivity index (χ4v) is 2.94. The second kappa shape index (κ2) is 6.88. The van der Waals surface area contributed by atoms with Gasteiger partial charge < -0.3 is 15.0 Å². The maximum Gasteiger partial charge on any atom is 0.330 e. The van der Waals surface area contributed by atoms with E-state index in [1.807, 2.05) is 30.5 Å². The third-order valence-electron chi connectivity index (χ3n) is 3.74. The van der Waals surface area contributed by atoms with Crippen molar-refractivity contribution >= 4 is 38.7 Å². The van der Waals surface area contributed by atoms with Crippen LogP contribution in [-0.2, 0) is 16.1 Å². The van der Waals surface area contributed by atoms with Crippen LogP contribution < -0.4 is 5.32 Å². The van der Waals surface area contributed by atoms with E-state index in [2.05, 4.69) is 21.2 Å². The van der Waals surface area contributed by atoms with E-state index in [0.29, 0.717) is 5.56 Å². The van der Waals surface area contributed by atoms with Crippen LogP contribution >= 0.6 is 15.9 Å². The average Bonchev–Trinajstić information content (AvgIpc) is 2.95. The number of aliphatic carboxylic acids is 1. The predicted octanol–water partition coefficient (Wildman–Crippen LogP) is 3.35. The molecule has 0 bridgehead atoms. The van der Waals surface area contributed by atoms with E-state index in [1.54, 1.807) is 34.9 Å². The highest BCUT2D eigenvalue weighted by atomic mass is 79.9. The van der Waals surface area contributed by atoms with Gasteiger partial charge in [0.2, 0.25) is 5.91 Å². The minimum absolute atomic E-state index is 0.0521. The smallest absolute Gasteiger partial charge is 0.330 e. The predicted molar refractivity (Wildman–Crippen MR) is 94.6 cm³/mol. The molecule has 122 valence electrons. The van der Waals surface area contributed by atoms with Gasteiger partial charge in [0, 0.05) is 16.2 Å². The summed E-state index contributed by atoms with van der Waals surface area (Å²) < 4.78 is 2.71. The molecular weight excluding hydrogens is 372 g/mol. The van der Waals surface area contributed by atoms with Gasteiger partial charge in [0.25, 0.3) is 0 Å². The van der Waals surface area contributed by atoms with Gasteiger partial charge >= 0.3 is 5.97 Å². The van der Waals surface area contributed by atoms with Gasteiger partial charge in [0.15, 0.2) is 6.04 Å². The summed E-state index contributed by atoms with van der Waals surface area (Å²) in [5.41, 5.74) is 1.45. The lowest BCUT2D eigenvalue weighted by Gasteiger charge is -2.15. The SMILES string of the molecule is O=C(Cn1ccc2ccc(Br)cc21)N[C@H](C(=O)O)c1ccccc1. The van der Waals surface area contributed by atoms with Gasteiger partial charge in [-0.05, 0) is 29.1 Å². The summed E-state index contributed by atoms with van der Waals surface area (Å²) in [5, 5.41) is 13.0. The number of hydrogen-bond donors (Lipinski definition) is 2. The van der Waals surface area contributed by atoms with Crippen molar-refractivity contribution < 1.29 is 14.7 Å². The van der Waals surface area contributed by atoms with Crippen molar-refractivity contribution in [3.05, 3.63) is 70.8 Å². The molecule has 1 amide bonds. The number of nitrogens with zero attached hydrogens (tertiary/aromatic N) is 1. The first-order valence-electron chi connectivity index (χ1n) is 7.36. The number of aromatic nitrogens is 1. The molecule has 0 saturated heterocycles. The zero-order valence-electron chi connectivity index (χ0n) is 12.6. The molecule has 3 rings (SSSR count). The number of halogens is 1. The Labute approximate surface area is 147 Å². The first kappa shape index (κ1) is 16.3. The fourth-order valence-electron chi connectivity index (χ4n) is 2.59. The Balaban J connectivity index is 1.78. The van der Waals surface area contributed by atoms with Gasteiger partial charge in [-0.15, -0.1) is 0 Å². The van der Waals surface area contributed by atoms with Crippen molar-refractivity contribution in [3.8, 4) is 0 Å². The van der Waals surface area contributed by atoms with Crippen molar-refractivity contribution in [2.45, 2.75) is 12.6 Å². The van der Waals surface area contributed by atoms with E-state index in [-0.39, 0.29) is 12.5 Å². The van der Waals surface area contributed by atoms with Crippen LogP contribution in [0.4, 0.5) is 0 Å². The van der Waals surface area contributed by atoms with Crippen LogP contribution in [0.5, 0.6) is 0 Å². The lowest BCUT2D eigenvalue weighted by molar-refractivity contribution is -0.142. The number of benzene rings is 2. The standard InChI is InChI=1S/C18H15BrN2O3/c19-14-7-6-12-8-9-21(15(12)10-14)11-16(22)20-17(18(23)24)13-4-2-1-3-5-13/h1-10,17H,11H2,(H,20,22)(H,23,24)/t17-/m0/s1. The molecule has 24 heavy (non-hydrogen) atoms. The number of rotatable bonds is 5. The van der Waals surface area contributed by atoms with Crippen molar-refractivity contribution in [1.82, 2.24) is 9.88 Å². The highest BCUT2D eigenvalue weighted by Crippen LogP contribution is 2.21.